The van der Waals surface area contributed by atoms with Gasteiger partial charge in [-0.1, -0.05) is 12.1 Å². The Balaban J connectivity index is 1.98. The number of esters is 1. The minimum Gasteiger partial charge on any atom is -0.466 e. The van der Waals surface area contributed by atoms with Gasteiger partial charge in [-0.3, -0.25) is 4.90 Å². The van der Waals surface area contributed by atoms with Crippen molar-refractivity contribution in [3.63, 3.8) is 0 Å². The molecule has 1 aliphatic rings. The quantitative estimate of drug-likeness (QED) is 0.788. The van der Waals surface area contributed by atoms with E-state index < -0.39 is 29.7 Å². The van der Waals surface area contributed by atoms with Gasteiger partial charge in [0, 0.05) is 28.7 Å². The summed E-state index contributed by atoms with van der Waals surface area (Å²) in [5.41, 5.74) is 0.507. The van der Waals surface area contributed by atoms with E-state index in [-0.39, 0.29) is 11.1 Å². The zero-order valence-corrected chi connectivity index (χ0v) is 15.6. The van der Waals surface area contributed by atoms with E-state index in [0.717, 1.165) is 17.0 Å². The highest BCUT2D eigenvalue weighted by atomic mass is 32.1. The van der Waals surface area contributed by atoms with Gasteiger partial charge in [0.05, 0.1) is 18.7 Å². The van der Waals surface area contributed by atoms with Crippen LogP contribution in [0.2, 0.25) is 0 Å². The molecule has 2 amide bonds. The summed E-state index contributed by atoms with van der Waals surface area (Å²) in [6, 6.07) is 5.39. The molecule has 1 aromatic heterocycles. The molecule has 0 fully saturated rings. The number of ether oxygens (including phenoxy) is 1. The molecule has 27 heavy (non-hydrogen) atoms. The highest BCUT2D eigenvalue weighted by Crippen LogP contribution is 2.33. The van der Waals surface area contributed by atoms with Crippen molar-refractivity contribution < 1.29 is 23.1 Å². The van der Waals surface area contributed by atoms with Crippen molar-refractivity contribution in [1.82, 2.24) is 10.2 Å². The first-order valence-corrected chi connectivity index (χ1v) is 9.14. The summed E-state index contributed by atoms with van der Waals surface area (Å²) in [6.07, 6.45) is 0.618. The second-order valence-electron chi connectivity index (χ2n) is 6.02. The van der Waals surface area contributed by atoms with E-state index >= 15 is 0 Å². The van der Waals surface area contributed by atoms with Crippen LogP contribution in [0.3, 0.4) is 0 Å². The predicted molar refractivity (Wildman–Crippen MR) is 97.1 cm³/mol. The number of allylic oxidation sites excluding steroid dienone is 1. The number of nitrogens with one attached hydrogen (secondary N) is 1. The number of carbonyl (C=O) groups is 2. The number of methoxy groups -OCH3 is 1. The molecule has 1 aliphatic heterocycles. The zero-order valence-electron chi connectivity index (χ0n) is 14.8. The molecular formula is C19H18F2N2O3S. The molecule has 0 saturated heterocycles. The lowest BCUT2D eigenvalue weighted by molar-refractivity contribution is -0.136. The first kappa shape index (κ1) is 19.0. The van der Waals surface area contributed by atoms with Gasteiger partial charge in [-0.15, -0.1) is 11.3 Å². The molecule has 1 aromatic carbocycles. The molecule has 142 valence electrons. The summed E-state index contributed by atoms with van der Waals surface area (Å²) in [4.78, 5) is 27.5. The lowest BCUT2D eigenvalue weighted by Crippen LogP contribution is -2.48. The molecule has 5 nitrogen and oxygen atoms in total. The van der Waals surface area contributed by atoms with Crippen LogP contribution in [0.4, 0.5) is 13.6 Å². The number of benzene rings is 1. The molecule has 1 unspecified atom stereocenters. The van der Waals surface area contributed by atoms with Gasteiger partial charge < -0.3 is 10.1 Å². The van der Waals surface area contributed by atoms with Crippen molar-refractivity contribution in [2.75, 3.05) is 13.7 Å². The minimum absolute atomic E-state index is 0.00223. The van der Waals surface area contributed by atoms with Gasteiger partial charge in [-0.05, 0) is 30.9 Å². The summed E-state index contributed by atoms with van der Waals surface area (Å²) in [6.45, 7) is 1.98. The van der Waals surface area contributed by atoms with Crippen molar-refractivity contribution in [3.05, 3.63) is 69.1 Å². The van der Waals surface area contributed by atoms with Gasteiger partial charge >= 0.3 is 12.0 Å². The zero-order chi connectivity index (χ0) is 19.6. The fourth-order valence-corrected chi connectivity index (χ4v) is 3.77. The number of hydrogen-bond donors (Lipinski definition) is 1. The summed E-state index contributed by atoms with van der Waals surface area (Å²) < 4.78 is 32.4. The molecule has 8 heteroatoms. The molecule has 0 saturated carbocycles. The Hall–Kier alpha value is -2.74. The van der Waals surface area contributed by atoms with Crippen molar-refractivity contribution in [1.29, 1.82) is 0 Å². The van der Waals surface area contributed by atoms with Gasteiger partial charge in [-0.2, -0.15) is 0 Å². The molecular weight excluding hydrogens is 374 g/mol. The van der Waals surface area contributed by atoms with E-state index in [1.165, 1.54) is 18.1 Å². The van der Waals surface area contributed by atoms with E-state index in [1.807, 2.05) is 17.5 Å². The van der Waals surface area contributed by atoms with Gasteiger partial charge in [0.2, 0.25) is 0 Å². The third-order valence-corrected chi connectivity index (χ3v) is 5.37. The second kappa shape index (κ2) is 7.87. The monoisotopic (exact) mass is 392 g/mol. The molecule has 2 aromatic rings. The van der Waals surface area contributed by atoms with Crippen LogP contribution in [0.5, 0.6) is 0 Å². The number of urea groups is 1. The molecule has 3 rings (SSSR count). The average Bonchev–Trinajstić information content (AvgIpc) is 3.14. The number of thiophene rings is 1. The topological polar surface area (TPSA) is 58.6 Å². The van der Waals surface area contributed by atoms with Gasteiger partial charge in [0.15, 0.2) is 0 Å². The third-order valence-electron chi connectivity index (χ3n) is 4.44. The third kappa shape index (κ3) is 3.85. The number of hydrogen-bond acceptors (Lipinski definition) is 4. The number of amides is 2. The molecule has 0 aliphatic carbocycles. The normalized spacial score (nSPS) is 17.1. The van der Waals surface area contributed by atoms with Gasteiger partial charge in [0.25, 0.3) is 0 Å². The summed E-state index contributed by atoms with van der Waals surface area (Å²) in [7, 11) is 1.22. The van der Waals surface area contributed by atoms with Crippen molar-refractivity contribution in [2.24, 2.45) is 0 Å². The largest absolute Gasteiger partial charge is 0.466 e. The molecule has 0 bridgehead atoms. The van der Waals surface area contributed by atoms with E-state index in [0.29, 0.717) is 18.7 Å². The van der Waals surface area contributed by atoms with Crippen LogP contribution in [0.15, 0.2) is 47.0 Å². The van der Waals surface area contributed by atoms with Crippen LogP contribution in [0, 0.1) is 11.6 Å². The maximum absolute atomic E-state index is 14.3. The van der Waals surface area contributed by atoms with Crippen LogP contribution >= 0.6 is 11.3 Å². The number of nitrogens with zero attached hydrogens (tertiary/aromatic N) is 1. The Kier molecular flexibility index (Phi) is 5.55. The summed E-state index contributed by atoms with van der Waals surface area (Å²) in [5, 5.41) is 4.58. The first-order chi connectivity index (χ1) is 12.9. The highest BCUT2D eigenvalue weighted by Gasteiger charge is 2.37. The summed E-state index contributed by atoms with van der Waals surface area (Å²) in [5.74, 6) is -2.26. The fraction of sp³-hybridized carbons (Fsp3) is 0.263. The Morgan fingerprint density at radius 3 is 2.74 bits per heavy atom. The van der Waals surface area contributed by atoms with E-state index in [2.05, 4.69) is 5.32 Å². The van der Waals surface area contributed by atoms with Crippen molar-refractivity contribution >= 4 is 23.3 Å². The fourth-order valence-electron chi connectivity index (χ4n) is 3.07. The molecule has 0 radical (unpaired) electrons. The van der Waals surface area contributed by atoms with E-state index in [1.54, 1.807) is 18.3 Å². The molecule has 1 N–H and O–H groups in total. The lowest BCUT2D eigenvalue weighted by Gasteiger charge is -2.35. The number of carbonyl (C=O) groups excluding carboxylic acids is 2. The van der Waals surface area contributed by atoms with E-state index in [9.17, 15) is 18.4 Å². The lowest BCUT2D eigenvalue weighted by atomic mass is 9.94. The van der Waals surface area contributed by atoms with Crippen LogP contribution in [0.1, 0.15) is 23.4 Å². The van der Waals surface area contributed by atoms with Crippen molar-refractivity contribution in [3.8, 4) is 0 Å². The Labute approximate surface area is 159 Å². The highest BCUT2D eigenvalue weighted by molar-refractivity contribution is 7.09. The SMILES string of the molecule is COC(=O)C1=C(C)N(CCc2cccs2)C(=O)NC1c1ccc(F)cc1F. The van der Waals surface area contributed by atoms with Crippen LogP contribution < -0.4 is 5.32 Å². The van der Waals surface area contributed by atoms with Gasteiger partial charge in [-0.25, -0.2) is 18.4 Å². The first-order valence-electron chi connectivity index (χ1n) is 8.26. The molecule has 0 spiro atoms. The minimum atomic E-state index is -1.05. The van der Waals surface area contributed by atoms with Crippen LogP contribution in [-0.4, -0.2) is 30.6 Å². The molecule has 2 heterocycles. The second-order valence-corrected chi connectivity index (χ2v) is 7.05. The average molecular weight is 392 g/mol. The Morgan fingerprint density at radius 2 is 2.11 bits per heavy atom. The van der Waals surface area contributed by atoms with Crippen LogP contribution in [0.25, 0.3) is 0 Å². The van der Waals surface area contributed by atoms with Crippen LogP contribution in [-0.2, 0) is 16.0 Å². The van der Waals surface area contributed by atoms with Crippen molar-refractivity contribution in [2.45, 2.75) is 19.4 Å². The number of halogens is 2. The smallest absolute Gasteiger partial charge is 0.337 e. The number of rotatable bonds is 5. The van der Waals surface area contributed by atoms with E-state index in [4.69, 9.17) is 4.74 Å². The Bertz CT molecular complexity index is 896. The van der Waals surface area contributed by atoms with Gasteiger partial charge in [0.1, 0.15) is 11.6 Å². The Morgan fingerprint density at radius 1 is 1.33 bits per heavy atom. The standard InChI is InChI=1S/C19H18F2N2O3S/c1-11-16(18(24)26-2)17(14-6-5-12(20)10-15(14)21)22-19(25)23(11)8-7-13-4-3-9-27-13/h3-6,9-10,17H,7-8H2,1-2H3,(H,22,25). The predicted octanol–water partition coefficient (Wildman–Crippen LogP) is 3.78. The molecule has 1 atom stereocenters. The summed E-state index contributed by atoms with van der Waals surface area (Å²) >= 11 is 1.58. The maximum atomic E-state index is 14.3. The maximum Gasteiger partial charge on any atom is 0.337 e.